The Morgan fingerprint density at radius 3 is 2.38 bits per heavy atom. The molecule has 0 fully saturated rings. The van der Waals surface area contributed by atoms with Crippen molar-refractivity contribution in [1.29, 1.82) is 0 Å². The Morgan fingerprint density at radius 1 is 1.38 bits per heavy atom. The van der Waals surface area contributed by atoms with Gasteiger partial charge in [0.15, 0.2) is 0 Å². The van der Waals surface area contributed by atoms with Crippen molar-refractivity contribution in [2.45, 2.75) is 4.90 Å². The number of benzene rings is 1. The Kier molecular flexibility index (Phi) is 4.06. The van der Waals surface area contributed by atoms with Crippen LogP contribution in [0.1, 0.15) is 0 Å². The standard InChI is InChI=1S/C6H5S.Cu/c7-6-4-2-1-3-5-6;/h1-4,7H;/q-1;+1. The van der Waals surface area contributed by atoms with E-state index in [-0.39, 0.29) is 17.1 Å². The van der Waals surface area contributed by atoms with Gasteiger partial charge in [-0.25, -0.2) is 0 Å². The van der Waals surface area contributed by atoms with E-state index in [1.54, 1.807) is 0 Å². The fourth-order valence-corrected chi connectivity index (χ4v) is 0.544. The Balaban J connectivity index is 0.000000490. The van der Waals surface area contributed by atoms with Crippen molar-refractivity contribution < 1.29 is 17.1 Å². The van der Waals surface area contributed by atoms with Gasteiger partial charge in [-0.15, -0.1) is 4.90 Å². The molecule has 2 heteroatoms. The molecule has 0 spiro atoms. The molecule has 0 aliphatic heterocycles. The van der Waals surface area contributed by atoms with Crippen molar-refractivity contribution in [2.75, 3.05) is 0 Å². The summed E-state index contributed by atoms with van der Waals surface area (Å²) in [6.45, 7) is 0. The molecule has 0 amide bonds. The number of thiol groups is 1. The van der Waals surface area contributed by atoms with Crippen LogP contribution in [0.15, 0.2) is 29.2 Å². The summed E-state index contributed by atoms with van der Waals surface area (Å²) in [6, 6.07) is 10.5. The molecule has 1 rings (SSSR count). The van der Waals surface area contributed by atoms with E-state index >= 15 is 0 Å². The van der Waals surface area contributed by atoms with E-state index in [2.05, 4.69) is 18.7 Å². The Morgan fingerprint density at radius 2 is 2.12 bits per heavy atom. The van der Waals surface area contributed by atoms with Gasteiger partial charge in [0.25, 0.3) is 0 Å². The molecule has 0 bridgehead atoms. The van der Waals surface area contributed by atoms with Crippen molar-refractivity contribution in [3.63, 3.8) is 0 Å². The molecule has 0 aromatic heterocycles. The topological polar surface area (TPSA) is 0 Å². The fraction of sp³-hybridized carbons (Fsp3) is 0. The third-order valence-corrected chi connectivity index (χ3v) is 0.971. The van der Waals surface area contributed by atoms with E-state index in [0.29, 0.717) is 0 Å². The van der Waals surface area contributed by atoms with Crippen molar-refractivity contribution in [3.8, 4) is 0 Å². The summed E-state index contributed by atoms with van der Waals surface area (Å²) in [4.78, 5) is 0.891. The first-order chi connectivity index (χ1) is 3.39. The van der Waals surface area contributed by atoms with Crippen LogP contribution in [0.4, 0.5) is 0 Å². The molecule has 0 nitrogen and oxygen atoms in total. The van der Waals surface area contributed by atoms with E-state index in [0.717, 1.165) is 4.90 Å². The van der Waals surface area contributed by atoms with E-state index < -0.39 is 0 Å². The van der Waals surface area contributed by atoms with Gasteiger partial charge >= 0.3 is 17.1 Å². The van der Waals surface area contributed by atoms with E-state index in [4.69, 9.17) is 0 Å². The van der Waals surface area contributed by atoms with Crippen molar-refractivity contribution in [3.05, 3.63) is 30.3 Å². The molecule has 0 saturated heterocycles. The second kappa shape index (κ2) is 4.02. The summed E-state index contributed by atoms with van der Waals surface area (Å²) in [5.74, 6) is 0. The molecule has 0 saturated carbocycles. The van der Waals surface area contributed by atoms with Crippen LogP contribution in [-0.4, -0.2) is 0 Å². The smallest absolute Gasteiger partial charge is 0.176 e. The molecule has 46 valence electrons. The molecular formula is C6H5CuS. The second-order valence-corrected chi connectivity index (χ2v) is 1.73. The molecule has 1 aromatic carbocycles. The van der Waals surface area contributed by atoms with Gasteiger partial charge in [0, 0.05) is 0 Å². The zero-order chi connectivity index (χ0) is 5.11. The maximum absolute atomic E-state index is 4.03. The molecule has 0 aliphatic carbocycles. The summed E-state index contributed by atoms with van der Waals surface area (Å²) in [6.07, 6.45) is 0. The monoisotopic (exact) mass is 172 g/mol. The Hall–Kier alpha value is 0.0895. The molecule has 0 radical (unpaired) electrons. The molecule has 1 aromatic rings. The fourth-order valence-electron chi connectivity index (χ4n) is 0.384. The summed E-state index contributed by atoms with van der Waals surface area (Å²) in [7, 11) is 0. The third kappa shape index (κ3) is 2.41. The summed E-state index contributed by atoms with van der Waals surface area (Å²) in [5.41, 5.74) is 0. The van der Waals surface area contributed by atoms with Gasteiger partial charge in [-0.3, -0.25) is 0 Å². The van der Waals surface area contributed by atoms with Crippen LogP contribution in [0.3, 0.4) is 0 Å². The zero-order valence-electron chi connectivity index (χ0n) is 4.06. The average molecular weight is 173 g/mol. The van der Waals surface area contributed by atoms with Crippen LogP contribution >= 0.6 is 12.6 Å². The van der Waals surface area contributed by atoms with Crippen LogP contribution in [0, 0.1) is 6.07 Å². The van der Waals surface area contributed by atoms with E-state index in [1.807, 2.05) is 24.3 Å². The minimum absolute atomic E-state index is 0. The average Bonchev–Trinajstić information content (AvgIpc) is 1.69. The van der Waals surface area contributed by atoms with Crippen LogP contribution in [-0.2, 0) is 17.1 Å². The van der Waals surface area contributed by atoms with Gasteiger partial charge in [0.1, 0.15) is 0 Å². The van der Waals surface area contributed by atoms with E-state index in [1.165, 1.54) is 0 Å². The molecule has 0 atom stereocenters. The van der Waals surface area contributed by atoms with Gasteiger partial charge in [0.05, 0.1) is 0 Å². The first kappa shape index (κ1) is 8.09. The SMILES string of the molecule is Sc1[c-]cccc1.[Cu+]. The second-order valence-electron chi connectivity index (χ2n) is 1.25. The quantitative estimate of drug-likeness (QED) is 0.344. The zero-order valence-corrected chi connectivity index (χ0v) is 5.89. The van der Waals surface area contributed by atoms with Gasteiger partial charge in [-0.1, -0.05) is 0 Å². The number of hydrogen-bond acceptors (Lipinski definition) is 1. The molecule has 0 heterocycles. The number of rotatable bonds is 0. The van der Waals surface area contributed by atoms with Crippen LogP contribution in [0.2, 0.25) is 0 Å². The molecule has 0 aliphatic rings. The van der Waals surface area contributed by atoms with Crippen molar-refractivity contribution in [2.24, 2.45) is 0 Å². The van der Waals surface area contributed by atoms with Gasteiger partial charge in [-0.2, -0.15) is 43.0 Å². The van der Waals surface area contributed by atoms with Gasteiger partial charge in [0.2, 0.25) is 0 Å². The van der Waals surface area contributed by atoms with Crippen LogP contribution < -0.4 is 0 Å². The van der Waals surface area contributed by atoms with Crippen LogP contribution in [0.25, 0.3) is 0 Å². The minimum atomic E-state index is 0. The predicted octanol–water partition coefficient (Wildman–Crippen LogP) is 1.77. The van der Waals surface area contributed by atoms with E-state index in [9.17, 15) is 0 Å². The minimum Gasteiger partial charge on any atom is -0.176 e. The van der Waals surface area contributed by atoms with Crippen molar-refractivity contribution in [1.82, 2.24) is 0 Å². The van der Waals surface area contributed by atoms with Gasteiger partial charge < -0.3 is 0 Å². The Bertz CT molecular complexity index is 138. The third-order valence-electron chi connectivity index (χ3n) is 0.693. The summed E-state index contributed by atoms with van der Waals surface area (Å²) < 4.78 is 0. The normalized spacial score (nSPS) is 7.62. The van der Waals surface area contributed by atoms with Gasteiger partial charge in [-0.05, 0) is 0 Å². The van der Waals surface area contributed by atoms with Crippen LogP contribution in [0.5, 0.6) is 0 Å². The first-order valence-corrected chi connectivity index (χ1v) is 2.50. The molecule has 0 unspecified atom stereocenters. The predicted molar refractivity (Wildman–Crippen MR) is 32.5 cm³/mol. The Labute approximate surface area is 65.2 Å². The summed E-state index contributed by atoms with van der Waals surface area (Å²) in [5, 5.41) is 0. The maximum atomic E-state index is 4.03. The first-order valence-electron chi connectivity index (χ1n) is 2.05. The molecule has 8 heavy (non-hydrogen) atoms. The number of hydrogen-bond donors (Lipinski definition) is 1. The largest absolute Gasteiger partial charge is 1.00 e. The van der Waals surface area contributed by atoms with Crippen molar-refractivity contribution >= 4 is 12.6 Å². The maximum Gasteiger partial charge on any atom is 1.00 e. The molecule has 0 N–H and O–H groups in total. The summed E-state index contributed by atoms with van der Waals surface area (Å²) >= 11 is 4.03. The molecular weight excluding hydrogens is 168 g/mol.